The average molecular weight is 609 g/mol. The molecule has 43 heavy (non-hydrogen) atoms. The van der Waals surface area contributed by atoms with Crippen LogP contribution in [0, 0.1) is 0 Å². The molecule has 13 heteroatoms. The smallest absolute Gasteiger partial charge is 0.326 e. The van der Waals surface area contributed by atoms with Crippen molar-refractivity contribution in [1.29, 1.82) is 0 Å². The van der Waals surface area contributed by atoms with Gasteiger partial charge in [0, 0.05) is 31.6 Å². The summed E-state index contributed by atoms with van der Waals surface area (Å²) in [6, 6.07) is 16.6. The second-order valence-electron chi connectivity index (χ2n) is 10.4. The van der Waals surface area contributed by atoms with Gasteiger partial charge in [0.25, 0.3) is 0 Å². The van der Waals surface area contributed by atoms with E-state index in [0.29, 0.717) is 43.5 Å². The highest BCUT2D eigenvalue weighted by Gasteiger charge is 2.40. The number of nitrogens with one attached hydrogen (secondary N) is 2. The molecule has 3 aromatic carbocycles. The van der Waals surface area contributed by atoms with Crippen LogP contribution in [0.2, 0.25) is 0 Å². The number of sulfonamides is 1. The Morgan fingerprint density at radius 2 is 1.72 bits per heavy atom. The van der Waals surface area contributed by atoms with E-state index >= 15 is 0 Å². The monoisotopic (exact) mass is 608 g/mol. The fourth-order valence-electron chi connectivity index (χ4n) is 5.01. The lowest BCUT2D eigenvalue weighted by Crippen LogP contribution is -2.51. The maximum absolute atomic E-state index is 13.5. The number of nitrogens with zero attached hydrogens (tertiary/aromatic N) is 2. The number of anilines is 1. The van der Waals surface area contributed by atoms with Gasteiger partial charge in [0.15, 0.2) is 5.96 Å². The van der Waals surface area contributed by atoms with Crippen LogP contribution in [-0.4, -0.2) is 66.7 Å². The molecule has 0 unspecified atom stereocenters. The molecular formula is C30H36N6O6S. The largest absolute Gasteiger partial charge is 0.480 e. The van der Waals surface area contributed by atoms with Crippen molar-refractivity contribution in [2.24, 2.45) is 16.5 Å². The van der Waals surface area contributed by atoms with Gasteiger partial charge in [-0.2, -0.15) is 4.31 Å². The van der Waals surface area contributed by atoms with E-state index in [4.69, 9.17) is 11.5 Å². The van der Waals surface area contributed by atoms with Gasteiger partial charge in [-0.15, -0.1) is 0 Å². The normalized spacial score (nSPS) is 16.0. The molecule has 0 aliphatic carbocycles. The lowest BCUT2D eigenvalue weighted by atomic mass is 10.0. The molecule has 0 spiro atoms. The van der Waals surface area contributed by atoms with Gasteiger partial charge in [-0.1, -0.05) is 42.5 Å². The lowest BCUT2D eigenvalue weighted by Gasteiger charge is -2.25. The number of nitrogens with two attached hydrogens (primary N) is 2. The van der Waals surface area contributed by atoms with Gasteiger partial charge in [0.05, 0.1) is 4.90 Å². The summed E-state index contributed by atoms with van der Waals surface area (Å²) >= 11 is 0. The Labute approximate surface area is 250 Å². The van der Waals surface area contributed by atoms with Crippen molar-refractivity contribution in [2.75, 3.05) is 18.4 Å². The quantitative estimate of drug-likeness (QED) is 0.110. The van der Waals surface area contributed by atoms with Crippen molar-refractivity contribution in [1.82, 2.24) is 9.62 Å². The fraction of sp³-hybridized carbons (Fsp3) is 0.333. The van der Waals surface area contributed by atoms with Crippen LogP contribution >= 0.6 is 0 Å². The number of amides is 2. The van der Waals surface area contributed by atoms with Crippen molar-refractivity contribution in [3.8, 4) is 0 Å². The minimum absolute atomic E-state index is 0.0136. The van der Waals surface area contributed by atoms with Gasteiger partial charge in [-0.05, 0) is 66.3 Å². The average Bonchev–Trinajstić information content (AvgIpc) is 3.48. The third-order valence-corrected chi connectivity index (χ3v) is 9.14. The minimum atomic E-state index is -3.99. The van der Waals surface area contributed by atoms with Crippen LogP contribution in [0.4, 0.5) is 5.69 Å². The van der Waals surface area contributed by atoms with Gasteiger partial charge in [0.1, 0.15) is 12.1 Å². The van der Waals surface area contributed by atoms with Gasteiger partial charge >= 0.3 is 5.97 Å². The summed E-state index contributed by atoms with van der Waals surface area (Å²) in [6.07, 6.45) is 2.32. The summed E-state index contributed by atoms with van der Waals surface area (Å²) in [7, 11) is -3.99. The molecule has 0 aromatic heterocycles. The zero-order valence-electron chi connectivity index (χ0n) is 23.6. The zero-order chi connectivity index (χ0) is 31.0. The van der Waals surface area contributed by atoms with E-state index in [9.17, 15) is 27.9 Å². The van der Waals surface area contributed by atoms with Gasteiger partial charge < -0.3 is 27.2 Å². The molecule has 3 aromatic rings. The van der Waals surface area contributed by atoms with Crippen LogP contribution in [0.25, 0.3) is 10.8 Å². The molecule has 1 fully saturated rings. The number of aliphatic imine (C=N–C) groups is 1. The minimum Gasteiger partial charge on any atom is -0.480 e. The van der Waals surface area contributed by atoms with E-state index in [1.165, 1.54) is 6.07 Å². The Bertz CT molecular complexity index is 1600. The number of aliphatic carboxylic acids is 1. The predicted octanol–water partition coefficient (Wildman–Crippen LogP) is 2.19. The van der Waals surface area contributed by atoms with Crippen molar-refractivity contribution >= 4 is 50.2 Å². The van der Waals surface area contributed by atoms with E-state index in [0.717, 1.165) is 15.1 Å². The molecule has 12 nitrogen and oxygen atoms in total. The Kier molecular flexibility index (Phi) is 10.3. The second-order valence-corrected chi connectivity index (χ2v) is 12.3. The van der Waals surface area contributed by atoms with Crippen LogP contribution in [-0.2, 0) is 30.8 Å². The second kappa shape index (κ2) is 14.1. The van der Waals surface area contributed by atoms with Gasteiger partial charge in [-0.3, -0.25) is 14.6 Å². The molecule has 0 saturated carbocycles. The third kappa shape index (κ3) is 8.30. The molecule has 0 bridgehead atoms. The first-order valence-electron chi connectivity index (χ1n) is 14.0. The van der Waals surface area contributed by atoms with E-state index in [2.05, 4.69) is 15.6 Å². The van der Waals surface area contributed by atoms with E-state index < -0.39 is 34.0 Å². The molecule has 1 aliphatic rings. The standard InChI is InChI=1S/C30H36N6O6S/c31-30(32)33-16-4-3-9-27(37)34-23-13-10-20(11-14-23)18-25(29(39)40)35-28(38)26-8-5-17-36(26)43(41,42)24-15-12-21-6-1-2-7-22(21)19-24/h1-2,6-7,10-15,19,25-26H,3-5,8-9,16-18H2,(H,34,37)(H,35,38)(H,39,40)(H4,31,32,33)/t25-,26-/m0/s1. The Hall–Kier alpha value is -4.49. The molecular weight excluding hydrogens is 572 g/mol. The number of hydrogen-bond donors (Lipinski definition) is 5. The number of carbonyl (C=O) groups is 3. The number of rotatable bonds is 13. The highest BCUT2D eigenvalue weighted by molar-refractivity contribution is 7.89. The van der Waals surface area contributed by atoms with Crippen LogP contribution in [0.15, 0.2) is 76.6 Å². The van der Waals surface area contributed by atoms with Crippen molar-refractivity contribution in [3.05, 3.63) is 72.3 Å². The SMILES string of the molecule is NC(N)=NCCCCC(=O)Nc1ccc(C[C@H](NC(=O)[C@@H]2CCCN2S(=O)(=O)c2ccc3ccccc3c2)C(=O)O)cc1. The Balaban J connectivity index is 1.35. The summed E-state index contributed by atoms with van der Waals surface area (Å²) in [5, 5.41) is 16.8. The summed E-state index contributed by atoms with van der Waals surface area (Å²) in [4.78, 5) is 41.4. The van der Waals surface area contributed by atoms with Crippen LogP contribution in [0.5, 0.6) is 0 Å². The summed E-state index contributed by atoms with van der Waals surface area (Å²) in [5.74, 6) is -2.06. The van der Waals surface area contributed by atoms with E-state index in [-0.39, 0.29) is 36.1 Å². The third-order valence-electron chi connectivity index (χ3n) is 7.23. The summed E-state index contributed by atoms with van der Waals surface area (Å²) in [6.45, 7) is 0.610. The first-order valence-corrected chi connectivity index (χ1v) is 15.5. The molecule has 4 rings (SSSR count). The number of carboxylic acids is 1. The molecule has 7 N–H and O–H groups in total. The molecule has 0 radical (unpaired) electrons. The molecule has 228 valence electrons. The highest BCUT2D eigenvalue weighted by atomic mass is 32.2. The first kappa shape index (κ1) is 31.4. The Morgan fingerprint density at radius 1 is 1.00 bits per heavy atom. The van der Waals surface area contributed by atoms with Gasteiger partial charge in [-0.25, -0.2) is 13.2 Å². The first-order chi connectivity index (χ1) is 20.5. The topological polar surface area (TPSA) is 197 Å². The number of guanidine groups is 1. The number of unbranched alkanes of at least 4 members (excludes halogenated alkanes) is 1. The molecule has 1 aliphatic heterocycles. The number of carbonyl (C=O) groups excluding carboxylic acids is 2. The summed E-state index contributed by atoms with van der Waals surface area (Å²) < 4.78 is 28.2. The van der Waals surface area contributed by atoms with Crippen LogP contribution in [0.3, 0.4) is 0 Å². The van der Waals surface area contributed by atoms with Crippen molar-refractivity contribution in [2.45, 2.75) is 55.5 Å². The number of hydrogen-bond acceptors (Lipinski definition) is 6. The Morgan fingerprint density at radius 3 is 2.42 bits per heavy atom. The molecule has 2 amide bonds. The maximum atomic E-state index is 13.5. The fourth-order valence-corrected chi connectivity index (χ4v) is 6.70. The molecule has 1 saturated heterocycles. The summed E-state index contributed by atoms with van der Waals surface area (Å²) in [5.41, 5.74) is 11.7. The number of carboxylic acid groups (broad SMARTS) is 1. The van der Waals surface area contributed by atoms with Crippen molar-refractivity contribution < 1.29 is 27.9 Å². The predicted molar refractivity (Wildman–Crippen MR) is 164 cm³/mol. The zero-order valence-corrected chi connectivity index (χ0v) is 24.4. The van der Waals surface area contributed by atoms with Crippen molar-refractivity contribution in [3.63, 3.8) is 0 Å². The number of fused-ring (bicyclic) bond motifs is 1. The van der Waals surface area contributed by atoms with E-state index in [1.54, 1.807) is 36.4 Å². The van der Waals surface area contributed by atoms with Crippen LogP contribution < -0.4 is 22.1 Å². The molecule has 1 heterocycles. The lowest BCUT2D eigenvalue weighted by molar-refractivity contribution is -0.142. The van der Waals surface area contributed by atoms with E-state index in [1.807, 2.05) is 24.3 Å². The highest BCUT2D eigenvalue weighted by Crippen LogP contribution is 2.28. The van der Waals surface area contributed by atoms with Gasteiger partial charge in [0.2, 0.25) is 21.8 Å². The molecule has 2 atom stereocenters. The van der Waals surface area contributed by atoms with Crippen LogP contribution in [0.1, 0.15) is 37.7 Å². The maximum Gasteiger partial charge on any atom is 0.326 e. The number of benzene rings is 3.